The van der Waals surface area contributed by atoms with Crippen molar-refractivity contribution in [1.82, 2.24) is 5.43 Å². The Bertz CT molecular complexity index is 764. The summed E-state index contributed by atoms with van der Waals surface area (Å²) < 4.78 is 18.8. The van der Waals surface area contributed by atoms with Gasteiger partial charge < -0.3 is 4.74 Å². The van der Waals surface area contributed by atoms with Crippen molar-refractivity contribution in [2.75, 3.05) is 6.61 Å². The number of nitrogens with zero attached hydrogens (tertiary/aromatic N) is 2. The number of carbonyl (C=O) groups is 1. The van der Waals surface area contributed by atoms with E-state index in [2.05, 4.69) is 10.5 Å². The van der Waals surface area contributed by atoms with Gasteiger partial charge >= 0.3 is 0 Å². The molecule has 0 aromatic heterocycles. The van der Waals surface area contributed by atoms with Gasteiger partial charge in [0.15, 0.2) is 6.61 Å². The van der Waals surface area contributed by atoms with Gasteiger partial charge in [0.2, 0.25) is 0 Å². The molecule has 0 aliphatic rings. The molecular formula is C17H14FN3O2. The average molecular weight is 311 g/mol. The van der Waals surface area contributed by atoms with Crippen LogP contribution < -0.4 is 10.2 Å². The minimum atomic E-state index is -0.468. The first-order valence-electron chi connectivity index (χ1n) is 6.81. The summed E-state index contributed by atoms with van der Waals surface area (Å²) in [7, 11) is 0. The van der Waals surface area contributed by atoms with Crippen LogP contribution in [-0.4, -0.2) is 18.2 Å². The molecule has 0 fully saturated rings. The highest BCUT2D eigenvalue weighted by Gasteiger charge is 2.06. The highest BCUT2D eigenvalue weighted by molar-refractivity contribution is 5.99. The van der Waals surface area contributed by atoms with Gasteiger partial charge in [0.25, 0.3) is 5.91 Å². The summed E-state index contributed by atoms with van der Waals surface area (Å²) in [4.78, 5) is 11.7. The monoisotopic (exact) mass is 311 g/mol. The fourth-order valence-electron chi connectivity index (χ4n) is 1.77. The number of amides is 1. The zero-order valence-electron chi connectivity index (χ0n) is 12.4. The molecule has 23 heavy (non-hydrogen) atoms. The van der Waals surface area contributed by atoms with E-state index in [1.165, 1.54) is 6.07 Å². The smallest absolute Gasteiger partial charge is 0.277 e. The standard InChI is InChI=1S/C17H14FN3O2/c1-12(15-4-2-3-5-16(15)18)20-21-17(22)11-23-14-8-6-13(10-19)7-9-14/h2-9H,11H2,1H3,(H,21,22)/b20-12+. The second-order valence-electron chi connectivity index (χ2n) is 4.64. The van der Waals surface area contributed by atoms with Crippen LogP contribution in [0.15, 0.2) is 53.6 Å². The van der Waals surface area contributed by atoms with Crippen LogP contribution in [0.4, 0.5) is 4.39 Å². The summed E-state index contributed by atoms with van der Waals surface area (Å²) in [6.45, 7) is 1.36. The van der Waals surface area contributed by atoms with E-state index in [1.807, 2.05) is 6.07 Å². The van der Waals surface area contributed by atoms with E-state index >= 15 is 0 Å². The van der Waals surface area contributed by atoms with Crippen LogP contribution in [0.25, 0.3) is 0 Å². The summed E-state index contributed by atoms with van der Waals surface area (Å²) in [5, 5.41) is 12.5. The summed E-state index contributed by atoms with van der Waals surface area (Å²) in [6, 6.07) is 14.5. The molecule has 0 saturated heterocycles. The Balaban J connectivity index is 1.88. The molecular weight excluding hydrogens is 297 g/mol. The first-order valence-corrected chi connectivity index (χ1v) is 6.81. The summed E-state index contributed by atoms with van der Waals surface area (Å²) in [5.41, 5.74) is 3.49. The number of hydrazone groups is 1. The van der Waals surface area contributed by atoms with Gasteiger partial charge in [-0.1, -0.05) is 18.2 Å². The Labute approximate surface area is 133 Å². The van der Waals surface area contributed by atoms with Crippen molar-refractivity contribution >= 4 is 11.6 Å². The molecule has 2 aromatic carbocycles. The third-order valence-electron chi connectivity index (χ3n) is 2.97. The molecule has 116 valence electrons. The number of halogens is 1. The van der Waals surface area contributed by atoms with Gasteiger partial charge in [-0.15, -0.1) is 0 Å². The van der Waals surface area contributed by atoms with Crippen molar-refractivity contribution in [1.29, 1.82) is 5.26 Å². The summed E-state index contributed by atoms with van der Waals surface area (Å²) in [5.74, 6) is -0.407. The number of ether oxygens (including phenoxy) is 1. The molecule has 2 aromatic rings. The SMILES string of the molecule is C/C(=N\NC(=O)COc1ccc(C#N)cc1)c1ccccc1F. The van der Waals surface area contributed by atoms with E-state index in [9.17, 15) is 9.18 Å². The molecule has 0 heterocycles. The Kier molecular flexibility index (Phi) is 5.42. The van der Waals surface area contributed by atoms with Gasteiger partial charge in [-0.2, -0.15) is 10.4 Å². The minimum absolute atomic E-state index is 0.236. The van der Waals surface area contributed by atoms with Crippen LogP contribution >= 0.6 is 0 Å². The van der Waals surface area contributed by atoms with E-state index in [4.69, 9.17) is 10.00 Å². The van der Waals surface area contributed by atoms with Crippen molar-refractivity contribution in [3.63, 3.8) is 0 Å². The number of carbonyl (C=O) groups excluding carboxylic acids is 1. The fraction of sp³-hybridized carbons (Fsp3) is 0.118. The number of rotatable bonds is 5. The molecule has 0 unspecified atom stereocenters. The van der Waals surface area contributed by atoms with E-state index in [1.54, 1.807) is 49.4 Å². The van der Waals surface area contributed by atoms with Crippen molar-refractivity contribution in [2.24, 2.45) is 5.10 Å². The molecule has 1 amide bonds. The van der Waals surface area contributed by atoms with Gasteiger partial charge in [0.1, 0.15) is 11.6 Å². The predicted molar refractivity (Wildman–Crippen MR) is 83.4 cm³/mol. The summed E-state index contributed by atoms with van der Waals surface area (Å²) in [6.07, 6.45) is 0. The second kappa shape index (κ2) is 7.71. The van der Waals surface area contributed by atoms with Crippen LogP contribution in [0.3, 0.4) is 0 Å². The van der Waals surface area contributed by atoms with Gasteiger partial charge in [-0.05, 0) is 37.3 Å². The molecule has 0 atom stereocenters. The lowest BCUT2D eigenvalue weighted by Crippen LogP contribution is -2.25. The maximum Gasteiger partial charge on any atom is 0.277 e. The lowest BCUT2D eigenvalue weighted by Gasteiger charge is -2.06. The normalized spacial score (nSPS) is 10.7. The highest BCUT2D eigenvalue weighted by Crippen LogP contribution is 2.11. The first-order chi connectivity index (χ1) is 11.1. The Morgan fingerprint density at radius 1 is 1.26 bits per heavy atom. The number of benzene rings is 2. The number of hydrogen-bond acceptors (Lipinski definition) is 4. The quantitative estimate of drug-likeness (QED) is 0.681. The number of nitriles is 1. The molecule has 0 aliphatic heterocycles. The molecule has 0 saturated carbocycles. The van der Waals surface area contributed by atoms with E-state index in [0.717, 1.165) is 0 Å². The van der Waals surface area contributed by atoms with Crippen LogP contribution in [0.5, 0.6) is 5.75 Å². The van der Waals surface area contributed by atoms with Crippen molar-refractivity contribution in [3.05, 3.63) is 65.5 Å². The maximum atomic E-state index is 13.6. The Morgan fingerprint density at radius 3 is 2.61 bits per heavy atom. The molecule has 2 rings (SSSR count). The van der Waals surface area contributed by atoms with Gasteiger partial charge in [0, 0.05) is 5.56 Å². The average Bonchev–Trinajstić information content (AvgIpc) is 2.58. The molecule has 0 aliphatic carbocycles. The van der Waals surface area contributed by atoms with Crippen LogP contribution in [0.2, 0.25) is 0 Å². The third kappa shape index (κ3) is 4.64. The number of nitrogens with one attached hydrogen (secondary N) is 1. The Hall–Kier alpha value is -3.20. The number of hydrogen-bond donors (Lipinski definition) is 1. The molecule has 0 bridgehead atoms. The maximum absolute atomic E-state index is 13.6. The van der Waals surface area contributed by atoms with E-state index in [0.29, 0.717) is 22.6 Å². The van der Waals surface area contributed by atoms with Crippen molar-refractivity contribution in [3.8, 4) is 11.8 Å². The third-order valence-corrected chi connectivity index (χ3v) is 2.97. The van der Waals surface area contributed by atoms with Gasteiger partial charge in [-0.3, -0.25) is 4.79 Å². The molecule has 5 nitrogen and oxygen atoms in total. The van der Waals surface area contributed by atoms with Crippen molar-refractivity contribution in [2.45, 2.75) is 6.92 Å². The largest absolute Gasteiger partial charge is 0.484 e. The van der Waals surface area contributed by atoms with Crippen LogP contribution in [0.1, 0.15) is 18.1 Å². The molecule has 0 radical (unpaired) electrons. The first kappa shape index (κ1) is 16.2. The van der Waals surface area contributed by atoms with Crippen LogP contribution in [0, 0.1) is 17.1 Å². The predicted octanol–water partition coefficient (Wildman–Crippen LogP) is 2.62. The Morgan fingerprint density at radius 2 is 1.96 bits per heavy atom. The lowest BCUT2D eigenvalue weighted by molar-refractivity contribution is -0.123. The van der Waals surface area contributed by atoms with Crippen molar-refractivity contribution < 1.29 is 13.9 Å². The second-order valence-corrected chi connectivity index (χ2v) is 4.64. The zero-order valence-corrected chi connectivity index (χ0v) is 12.4. The van der Waals surface area contributed by atoms with E-state index in [-0.39, 0.29) is 6.61 Å². The molecule has 6 heteroatoms. The molecule has 1 N–H and O–H groups in total. The zero-order chi connectivity index (χ0) is 16.7. The summed E-state index contributed by atoms with van der Waals surface area (Å²) >= 11 is 0. The minimum Gasteiger partial charge on any atom is -0.484 e. The lowest BCUT2D eigenvalue weighted by atomic mass is 10.1. The topological polar surface area (TPSA) is 74.5 Å². The van der Waals surface area contributed by atoms with Crippen LogP contribution in [-0.2, 0) is 4.79 Å². The van der Waals surface area contributed by atoms with Gasteiger partial charge in [-0.25, -0.2) is 9.82 Å². The van der Waals surface area contributed by atoms with E-state index < -0.39 is 11.7 Å². The fourth-order valence-corrected chi connectivity index (χ4v) is 1.77. The van der Waals surface area contributed by atoms with Gasteiger partial charge in [0.05, 0.1) is 17.3 Å². The molecule has 0 spiro atoms. The highest BCUT2D eigenvalue weighted by atomic mass is 19.1.